The monoisotopic (exact) mass is 127 g/mol. The summed E-state index contributed by atoms with van der Waals surface area (Å²) >= 11 is 0. The van der Waals surface area contributed by atoms with Crippen LogP contribution in [0.3, 0.4) is 0 Å². The molecule has 0 aromatic carbocycles. The second-order valence-corrected chi connectivity index (χ2v) is 2.76. The van der Waals surface area contributed by atoms with Crippen LogP contribution >= 0.6 is 0 Å². The average molecular weight is 127 g/mol. The van der Waals surface area contributed by atoms with Gasteiger partial charge in [0.25, 0.3) is 0 Å². The van der Waals surface area contributed by atoms with Crippen LogP contribution in [0, 0.1) is 5.92 Å². The molecule has 0 aliphatic carbocycles. The van der Waals surface area contributed by atoms with Gasteiger partial charge in [0.05, 0.1) is 0 Å². The smallest absolute Gasteiger partial charge is 0.222 e. The van der Waals surface area contributed by atoms with Crippen molar-refractivity contribution in [3.05, 3.63) is 0 Å². The van der Waals surface area contributed by atoms with Gasteiger partial charge in [0.1, 0.15) is 0 Å². The van der Waals surface area contributed by atoms with Gasteiger partial charge in [-0.25, -0.2) is 0 Å². The standard InChI is InChI=1S/C7H13NO/c1-3-7(9)8-4-6(2)5-8/h6H,3-5H2,1-2H3. The first kappa shape index (κ1) is 6.59. The maximum atomic E-state index is 10.9. The summed E-state index contributed by atoms with van der Waals surface area (Å²) < 4.78 is 0. The summed E-state index contributed by atoms with van der Waals surface area (Å²) in [6, 6.07) is 0. The number of hydrogen-bond acceptors (Lipinski definition) is 1. The minimum Gasteiger partial charge on any atom is -0.342 e. The third-order valence-electron chi connectivity index (χ3n) is 1.72. The molecule has 0 N–H and O–H groups in total. The van der Waals surface area contributed by atoms with Crippen LogP contribution in [0.4, 0.5) is 0 Å². The van der Waals surface area contributed by atoms with Crippen molar-refractivity contribution in [2.24, 2.45) is 5.92 Å². The molecule has 1 fully saturated rings. The van der Waals surface area contributed by atoms with Gasteiger partial charge in [-0.05, 0) is 5.92 Å². The van der Waals surface area contributed by atoms with Crippen LogP contribution in [-0.2, 0) is 4.79 Å². The summed E-state index contributed by atoms with van der Waals surface area (Å²) in [6.07, 6.45) is 0.659. The highest BCUT2D eigenvalue weighted by Gasteiger charge is 2.25. The Balaban J connectivity index is 2.23. The number of carbonyl (C=O) groups excluding carboxylic acids is 1. The first-order chi connectivity index (χ1) is 4.24. The van der Waals surface area contributed by atoms with Gasteiger partial charge in [-0.15, -0.1) is 0 Å². The lowest BCUT2D eigenvalue weighted by Crippen LogP contribution is -2.48. The molecule has 0 bridgehead atoms. The van der Waals surface area contributed by atoms with Crippen molar-refractivity contribution >= 4 is 5.91 Å². The zero-order chi connectivity index (χ0) is 6.85. The van der Waals surface area contributed by atoms with Crippen LogP contribution in [0.15, 0.2) is 0 Å². The van der Waals surface area contributed by atoms with Crippen LogP contribution in [0.1, 0.15) is 20.3 Å². The van der Waals surface area contributed by atoms with Crippen molar-refractivity contribution in [1.29, 1.82) is 0 Å². The van der Waals surface area contributed by atoms with Gasteiger partial charge in [0, 0.05) is 19.5 Å². The quantitative estimate of drug-likeness (QED) is 0.512. The normalized spacial score (nSPS) is 19.6. The van der Waals surface area contributed by atoms with Crippen LogP contribution in [0.2, 0.25) is 0 Å². The van der Waals surface area contributed by atoms with Crippen molar-refractivity contribution in [2.45, 2.75) is 20.3 Å². The van der Waals surface area contributed by atoms with Crippen LogP contribution in [0.25, 0.3) is 0 Å². The summed E-state index contributed by atoms with van der Waals surface area (Å²) in [5.74, 6) is 1.04. The van der Waals surface area contributed by atoms with Gasteiger partial charge >= 0.3 is 0 Å². The fourth-order valence-corrected chi connectivity index (χ4v) is 1.13. The highest BCUT2D eigenvalue weighted by Crippen LogP contribution is 2.14. The molecule has 0 unspecified atom stereocenters. The summed E-state index contributed by atoms with van der Waals surface area (Å²) in [5.41, 5.74) is 0. The van der Waals surface area contributed by atoms with Gasteiger partial charge in [0.2, 0.25) is 5.91 Å². The fourth-order valence-electron chi connectivity index (χ4n) is 1.13. The van der Waals surface area contributed by atoms with E-state index in [0.29, 0.717) is 12.3 Å². The Labute approximate surface area is 55.8 Å². The van der Waals surface area contributed by atoms with Crippen LogP contribution < -0.4 is 0 Å². The molecule has 2 nitrogen and oxygen atoms in total. The van der Waals surface area contributed by atoms with Crippen molar-refractivity contribution in [2.75, 3.05) is 13.1 Å². The van der Waals surface area contributed by atoms with Gasteiger partial charge < -0.3 is 4.90 Å². The predicted octanol–water partition coefficient (Wildman–Crippen LogP) is 0.875. The first-order valence-electron chi connectivity index (χ1n) is 3.51. The Hall–Kier alpha value is -0.530. The van der Waals surface area contributed by atoms with E-state index in [-0.39, 0.29) is 0 Å². The van der Waals surface area contributed by atoms with Crippen molar-refractivity contribution in [3.8, 4) is 0 Å². The summed E-state index contributed by atoms with van der Waals surface area (Å²) in [7, 11) is 0. The van der Waals surface area contributed by atoms with E-state index in [2.05, 4.69) is 6.92 Å². The lowest BCUT2D eigenvalue weighted by Gasteiger charge is -2.36. The van der Waals surface area contributed by atoms with Crippen molar-refractivity contribution in [3.63, 3.8) is 0 Å². The van der Waals surface area contributed by atoms with E-state index >= 15 is 0 Å². The molecule has 2 heteroatoms. The van der Waals surface area contributed by atoms with Gasteiger partial charge in [-0.3, -0.25) is 4.79 Å². The van der Waals surface area contributed by atoms with E-state index in [1.807, 2.05) is 11.8 Å². The Kier molecular flexibility index (Phi) is 1.74. The Bertz CT molecular complexity index is 116. The molecule has 1 aliphatic rings. The third-order valence-corrected chi connectivity index (χ3v) is 1.72. The second kappa shape index (κ2) is 2.38. The average Bonchev–Trinajstić information content (AvgIpc) is 1.79. The second-order valence-electron chi connectivity index (χ2n) is 2.76. The Morgan fingerprint density at radius 1 is 1.67 bits per heavy atom. The van der Waals surface area contributed by atoms with Gasteiger partial charge in [-0.1, -0.05) is 13.8 Å². The van der Waals surface area contributed by atoms with E-state index in [1.54, 1.807) is 0 Å². The maximum absolute atomic E-state index is 10.9. The van der Waals surface area contributed by atoms with Gasteiger partial charge in [0.15, 0.2) is 0 Å². The number of amides is 1. The number of hydrogen-bond donors (Lipinski definition) is 0. The zero-order valence-electron chi connectivity index (χ0n) is 6.05. The van der Waals surface area contributed by atoms with Gasteiger partial charge in [-0.2, -0.15) is 0 Å². The molecule has 9 heavy (non-hydrogen) atoms. The highest BCUT2D eigenvalue weighted by atomic mass is 16.2. The summed E-state index contributed by atoms with van der Waals surface area (Å²) in [5, 5.41) is 0. The molecule has 1 saturated heterocycles. The molecule has 52 valence electrons. The van der Waals surface area contributed by atoms with Crippen molar-refractivity contribution < 1.29 is 4.79 Å². The first-order valence-corrected chi connectivity index (χ1v) is 3.51. The molecule has 0 radical (unpaired) electrons. The predicted molar refractivity (Wildman–Crippen MR) is 36.0 cm³/mol. The molecule has 0 atom stereocenters. The molecule has 1 rings (SSSR count). The topological polar surface area (TPSA) is 20.3 Å². The molecule has 0 aromatic rings. The number of nitrogens with zero attached hydrogens (tertiary/aromatic N) is 1. The Morgan fingerprint density at radius 2 is 2.22 bits per heavy atom. The molecule has 0 saturated carbocycles. The number of rotatable bonds is 1. The summed E-state index contributed by atoms with van der Waals surface area (Å²) in [4.78, 5) is 12.8. The van der Waals surface area contributed by atoms with Crippen LogP contribution in [0.5, 0.6) is 0 Å². The highest BCUT2D eigenvalue weighted by molar-refractivity contribution is 5.76. The molecule has 1 amide bonds. The maximum Gasteiger partial charge on any atom is 0.222 e. The molecule has 0 spiro atoms. The molecule has 1 heterocycles. The molecular weight excluding hydrogens is 114 g/mol. The lowest BCUT2D eigenvalue weighted by atomic mass is 10.0. The fraction of sp³-hybridized carbons (Fsp3) is 0.857. The van der Waals surface area contributed by atoms with E-state index in [1.165, 1.54) is 0 Å². The summed E-state index contributed by atoms with van der Waals surface area (Å²) in [6.45, 7) is 6.03. The molecule has 1 aliphatic heterocycles. The third kappa shape index (κ3) is 1.23. The minimum absolute atomic E-state index is 0.299. The van der Waals surface area contributed by atoms with E-state index in [4.69, 9.17) is 0 Å². The zero-order valence-corrected chi connectivity index (χ0v) is 6.05. The Morgan fingerprint density at radius 3 is 2.56 bits per heavy atom. The number of carbonyl (C=O) groups is 1. The molecule has 0 aromatic heterocycles. The molecular formula is C7H13NO. The number of likely N-dealkylation sites (tertiary alicyclic amines) is 1. The van der Waals surface area contributed by atoms with Crippen molar-refractivity contribution in [1.82, 2.24) is 4.90 Å². The van der Waals surface area contributed by atoms with E-state index in [0.717, 1.165) is 19.0 Å². The minimum atomic E-state index is 0.299. The van der Waals surface area contributed by atoms with E-state index in [9.17, 15) is 4.79 Å². The SMILES string of the molecule is CCC(=O)N1CC(C)C1. The largest absolute Gasteiger partial charge is 0.342 e. The van der Waals surface area contributed by atoms with Crippen LogP contribution in [-0.4, -0.2) is 23.9 Å². The van der Waals surface area contributed by atoms with E-state index < -0.39 is 0 Å². The lowest BCUT2D eigenvalue weighted by molar-refractivity contribution is -0.136.